The van der Waals surface area contributed by atoms with Gasteiger partial charge in [-0.15, -0.1) is 11.3 Å². The number of rotatable bonds is 3. The second-order valence-electron chi connectivity index (χ2n) is 8.77. The van der Waals surface area contributed by atoms with Crippen LogP contribution >= 0.6 is 11.3 Å². The lowest BCUT2D eigenvalue weighted by Gasteiger charge is -2.33. The molecular formula is C23H27N3OS. The summed E-state index contributed by atoms with van der Waals surface area (Å²) in [6.45, 7) is 8.95. The second-order valence-corrected chi connectivity index (χ2v) is 9.73. The lowest BCUT2D eigenvalue weighted by Crippen LogP contribution is -2.27. The summed E-state index contributed by atoms with van der Waals surface area (Å²) >= 11 is 1.72. The molecule has 5 heteroatoms. The molecule has 0 bridgehead atoms. The fraction of sp³-hybridized carbons (Fsp3) is 0.391. The van der Waals surface area contributed by atoms with Crippen molar-refractivity contribution in [3.8, 4) is 0 Å². The van der Waals surface area contributed by atoms with Crippen LogP contribution in [0.15, 0.2) is 34.7 Å². The van der Waals surface area contributed by atoms with E-state index in [2.05, 4.69) is 42.3 Å². The Morgan fingerprint density at radius 2 is 2.11 bits per heavy atom. The van der Waals surface area contributed by atoms with Crippen molar-refractivity contribution in [1.82, 2.24) is 10.4 Å². The summed E-state index contributed by atoms with van der Waals surface area (Å²) in [5.74, 6) is 0.567. The predicted octanol–water partition coefficient (Wildman–Crippen LogP) is 5.45. The molecule has 2 N–H and O–H groups in total. The zero-order chi connectivity index (χ0) is 19.9. The lowest BCUT2D eigenvalue weighted by molar-refractivity contribution is 0.0954. The van der Waals surface area contributed by atoms with Crippen LogP contribution in [-0.4, -0.2) is 17.1 Å². The standard InChI is InChI=1S/C23H27N3OS/c1-14-18(16-7-5-6-8-20(16)25-14)12-24-26-22(27)19-13-28-21-11-15(23(2,3)4)9-10-17(19)21/h5-8,12-13,15,25H,9-11H2,1-4H3,(H,26,27)/b24-12-/t15-/m0/s1. The van der Waals surface area contributed by atoms with E-state index in [-0.39, 0.29) is 5.91 Å². The first kappa shape index (κ1) is 18.9. The first-order valence-corrected chi connectivity index (χ1v) is 10.7. The molecule has 2 heterocycles. The smallest absolute Gasteiger partial charge is 0.272 e. The molecule has 0 saturated carbocycles. The molecule has 0 unspecified atom stereocenters. The van der Waals surface area contributed by atoms with Crippen LogP contribution in [-0.2, 0) is 12.8 Å². The van der Waals surface area contributed by atoms with Crippen molar-refractivity contribution in [1.29, 1.82) is 0 Å². The number of amides is 1. The summed E-state index contributed by atoms with van der Waals surface area (Å²) < 4.78 is 0. The molecule has 28 heavy (non-hydrogen) atoms. The minimum Gasteiger partial charge on any atom is -0.358 e. The lowest BCUT2D eigenvalue weighted by atomic mass is 9.72. The van der Waals surface area contributed by atoms with Crippen LogP contribution in [0.5, 0.6) is 0 Å². The van der Waals surface area contributed by atoms with Crippen LogP contribution in [0, 0.1) is 18.3 Å². The molecule has 3 aromatic rings. The van der Waals surface area contributed by atoms with E-state index in [0.717, 1.165) is 47.0 Å². The minimum absolute atomic E-state index is 0.111. The third-order valence-electron chi connectivity index (χ3n) is 5.93. The number of carbonyl (C=O) groups is 1. The molecule has 146 valence electrons. The van der Waals surface area contributed by atoms with Gasteiger partial charge in [-0.3, -0.25) is 4.79 Å². The average molecular weight is 394 g/mol. The Kier molecular flexibility index (Phi) is 4.88. The molecule has 0 spiro atoms. The number of thiophene rings is 1. The molecule has 1 atom stereocenters. The molecule has 0 aliphatic heterocycles. The second kappa shape index (κ2) is 7.21. The SMILES string of the molecule is Cc1[nH]c2ccccc2c1/C=N\NC(=O)c1csc2c1CC[C@H](C(C)(C)C)C2. The van der Waals surface area contributed by atoms with Gasteiger partial charge < -0.3 is 4.98 Å². The van der Waals surface area contributed by atoms with E-state index < -0.39 is 0 Å². The molecule has 4 rings (SSSR count). The number of aromatic nitrogens is 1. The third-order valence-corrected chi connectivity index (χ3v) is 6.98. The molecular weight excluding hydrogens is 366 g/mol. The normalized spacial score (nSPS) is 17.2. The van der Waals surface area contributed by atoms with Crippen LogP contribution < -0.4 is 5.43 Å². The van der Waals surface area contributed by atoms with Gasteiger partial charge in [-0.2, -0.15) is 5.10 Å². The fourth-order valence-electron chi connectivity index (χ4n) is 4.12. The Morgan fingerprint density at radius 1 is 1.32 bits per heavy atom. The van der Waals surface area contributed by atoms with Gasteiger partial charge >= 0.3 is 0 Å². The highest BCUT2D eigenvalue weighted by atomic mass is 32.1. The van der Waals surface area contributed by atoms with Crippen LogP contribution in [0.2, 0.25) is 0 Å². The summed E-state index contributed by atoms with van der Waals surface area (Å²) in [4.78, 5) is 17.4. The van der Waals surface area contributed by atoms with Crippen LogP contribution in [0.25, 0.3) is 10.9 Å². The van der Waals surface area contributed by atoms with Crippen molar-refractivity contribution in [2.24, 2.45) is 16.4 Å². The molecule has 0 fully saturated rings. The number of aryl methyl sites for hydroxylation is 1. The zero-order valence-corrected chi connectivity index (χ0v) is 17.7. The van der Waals surface area contributed by atoms with Gasteiger partial charge in [0.15, 0.2) is 0 Å². The van der Waals surface area contributed by atoms with E-state index in [1.807, 2.05) is 30.5 Å². The summed E-state index contributed by atoms with van der Waals surface area (Å²) in [7, 11) is 0. The third kappa shape index (κ3) is 3.51. The molecule has 2 aromatic heterocycles. The maximum Gasteiger partial charge on any atom is 0.272 e. The molecule has 1 aromatic carbocycles. The molecule has 1 aliphatic carbocycles. The van der Waals surface area contributed by atoms with Crippen molar-refractivity contribution in [2.75, 3.05) is 0 Å². The molecule has 1 aliphatic rings. The minimum atomic E-state index is -0.111. The molecule has 4 nitrogen and oxygen atoms in total. The number of benzene rings is 1. The number of hydrogen-bond donors (Lipinski definition) is 2. The van der Waals surface area contributed by atoms with Gasteiger partial charge in [0.2, 0.25) is 0 Å². The van der Waals surface area contributed by atoms with E-state index in [0.29, 0.717) is 11.3 Å². The Balaban J connectivity index is 1.49. The maximum absolute atomic E-state index is 12.7. The zero-order valence-electron chi connectivity index (χ0n) is 16.9. The van der Waals surface area contributed by atoms with Crippen LogP contribution in [0.1, 0.15) is 59.2 Å². The Bertz CT molecular complexity index is 1050. The van der Waals surface area contributed by atoms with Crippen LogP contribution in [0.4, 0.5) is 0 Å². The Hall–Kier alpha value is -2.40. The predicted molar refractivity (Wildman–Crippen MR) is 117 cm³/mol. The summed E-state index contributed by atoms with van der Waals surface area (Å²) in [6.07, 6.45) is 4.94. The quantitative estimate of drug-likeness (QED) is 0.451. The van der Waals surface area contributed by atoms with Crippen molar-refractivity contribution in [3.05, 3.63) is 56.9 Å². The van der Waals surface area contributed by atoms with Gasteiger partial charge in [-0.1, -0.05) is 39.0 Å². The van der Waals surface area contributed by atoms with E-state index in [1.54, 1.807) is 17.6 Å². The topological polar surface area (TPSA) is 57.2 Å². The maximum atomic E-state index is 12.7. The largest absolute Gasteiger partial charge is 0.358 e. The van der Waals surface area contributed by atoms with Crippen molar-refractivity contribution < 1.29 is 4.79 Å². The number of hydrazone groups is 1. The first-order valence-electron chi connectivity index (χ1n) is 9.84. The number of H-pyrrole nitrogens is 1. The van der Waals surface area contributed by atoms with Gasteiger partial charge in [0.25, 0.3) is 5.91 Å². The average Bonchev–Trinajstić information content (AvgIpc) is 3.21. The number of fused-ring (bicyclic) bond motifs is 2. The number of aromatic amines is 1. The first-order chi connectivity index (χ1) is 13.3. The molecule has 0 radical (unpaired) electrons. The van der Waals surface area contributed by atoms with Crippen molar-refractivity contribution >= 4 is 34.4 Å². The summed E-state index contributed by atoms with van der Waals surface area (Å²) in [6, 6.07) is 8.11. The molecule has 0 saturated heterocycles. The van der Waals surface area contributed by atoms with Crippen LogP contribution in [0.3, 0.4) is 0 Å². The molecule has 1 amide bonds. The van der Waals surface area contributed by atoms with E-state index in [4.69, 9.17) is 0 Å². The highest BCUT2D eigenvalue weighted by molar-refractivity contribution is 7.10. The number of para-hydroxylation sites is 1. The number of nitrogens with zero attached hydrogens (tertiary/aromatic N) is 1. The Labute approximate surface area is 170 Å². The highest BCUT2D eigenvalue weighted by Crippen LogP contribution is 2.40. The van der Waals surface area contributed by atoms with E-state index >= 15 is 0 Å². The number of hydrogen-bond acceptors (Lipinski definition) is 3. The summed E-state index contributed by atoms with van der Waals surface area (Å²) in [5.41, 5.74) is 8.19. The highest BCUT2D eigenvalue weighted by Gasteiger charge is 2.31. The van der Waals surface area contributed by atoms with Gasteiger partial charge in [0.05, 0.1) is 11.8 Å². The monoisotopic (exact) mass is 393 g/mol. The van der Waals surface area contributed by atoms with Gasteiger partial charge in [-0.05, 0) is 49.1 Å². The van der Waals surface area contributed by atoms with Gasteiger partial charge in [0.1, 0.15) is 0 Å². The fourth-order valence-corrected chi connectivity index (χ4v) is 5.28. The van der Waals surface area contributed by atoms with Gasteiger partial charge in [-0.25, -0.2) is 5.43 Å². The number of nitrogens with one attached hydrogen (secondary N) is 2. The summed E-state index contributed by atoms with van der Waals surface area (Å²) in [5, 5.41) is 7.35. The van der Waals surface area contributed by atoms with E-state index in [1.165, 1.54) is 10.4 Å². The van der Waals surface area contributed by atoms with Crippen molar-refractivity contribution in [2.45, 2.75) is 47.0 Å². The van der Waals surface area contributed by atoms with Gasteiger partial charge in [0, 0.05) is 32.4 Å². The van der Waals surface area contributed by atoms with Crippen molar-refractivity contribution in [3.63, 3.8) is 0 Å². The van der Waals surface area contributed by atoms with E-state index in [9.17, 15) is 4.79 Å². The Morgan fingerprint density at radius 3 is 2.89 bits per heavy atom. The number of carbonyl (C=O) groups excluding carboxylic acids is 1.